The van der Waals surface area contributed by atoms with Gasteiger partial charge in [0.15, 0.2) is 0 Å². The third kappa shape index (κ3) is 5.90. The number of carboxylic acids is 2. The highest BCUT2D eigenvalue weighted by atomic mass is 16.4. The molecule has 0 aromatic carbocycles. The maximum absolute atomic E-state index is 10.8. The lowest BCUT2D eigenvalue weighted by atomic mass is 9.97. The van der Waals surface area contributed by atoms with Crippen LogP contribution in [0.4, 0.5) is 0 Å². The predicted octanol–water partition coefficient (Wildman–Crippen LogP) is 0.490. The van der Waals surface area contributed by atoms with Gasteiger partial charge in [0.05, 0.1) is 0 Å². The highest BCUT2D eigenvalue weighted by Crippen LogP contribution is 2.12. The maximum atomic E-state index is 10.8. The van der Waals surface area contributed by atoms with E-state index in [2.05, 4.69) is 0 Å². The van der Waals surface area contributed by atoms with Crippen LogP contribution in [0.2, 0.25) is 0 Å². The summed E-state index contributed by atoms with van der Waals surface area (Å²) < 4.78 is 0. The van der Waals surface area contributed by atoms with Gasteiger partial charge in [0.2, 0.25) is 11.6 Å². The molecule has 6 nitrogen and oxygen atoms in total. The van der Waals surface area contributed by atoms with Gasteiger partial charge in [-0.2, -0.15) is 0 Å². The van der Waals surface area contributed by atoms with E-state index in [0.717, 1.165) is 0 Å². The van der Waals surface area contributed by atoms with Crippen molar-refractivity contribution in [3.05, 3.63) is 0 Å². The molecule has 0 fully saturated rings. The number of aliphatic carboxylic acids is 2. The second-order valence-electron chi connectivity index (χ2n) is 3.66. The van der Waals surface area contributed by atoms with Crippen LogP contribution >= 0.6 is 0 Å². The SMILES string of the molecule is CC(CCCC(=O)C(=O)O)CC(=O)C(=O)O. The molecule has 1 atom stereocenters. The number of hydrogen-bond acceptors (Lipinski definition) is 4. The Kier molecular flexibility index (Phi) is 5.99. The molecule has 0 amide bonds. The topological polar surface area (TPSA) is 109 Å². The molecule has 0 saturated heterocycles. The first-order valence-electron chi connectivity index (χ1n) is 4.86. The highest BCUT2D eigenvalue weighted by Gasteiger charge is 2.16. The summed E-state index contributed by atoms with van der Waals surface area (Å²) in [5, 5.41) is 16.6. The molecule has 6 heteroatoms. The molecule has 0 aliphatic heterocycles. The number of carbonyl (C=O) groups is 4. The van der Waals surface area contributed by atoms with Crippen molar-refractivity contribution in [2.75, 3.05) is 0 Å². The molecule has 90 valence electrons. The van der Waals surface area contributed by atoms with Gasteiger partial charge in [0.25, 0.3) is 0 Å². The highest BCUT2D eigenvalue weighted by molar-refractivity contribution is 6.33. The summed E-state index contributed by atoms with van der Waals surface area (Å²) in [4.78, 5) is 41.9. The molecule has 16 heavy (non-hydrogen) atoms. The van der Waals surface area contributed by atoms with E-state index < -0.39 is 23.5 Å². The number of rotatable bonds is 8. The van der Waals surface area contributed by atoms with Crippen molar-refractivity contribution >= 4 is 23.5 Å². The van der Waals surface area contributed by atoms with Gasteiger partial charge in [-0.3, -0.25) is 9.59 Å². The van der Waals surface area contributed by atoms with Crippen molar-refractivity contribution in [3.8, 4) is 0 Å². The molecule has 0 bridgehead atoms. The van der Waals surface area contributed by atoms with Gasteiger partial charge in [0.1, 0.15) is 0 Å². The van der Waals surface area contributed by atoms with Crippen LogP contribution in [0.5, 0.6) is 0 Å². The van der Waals surface area contributed by atoms with Crippen molar-refractivity contribution in [2.45, 2.75) is 32.6 Å². The van der Waals surface area contributed by atoms with E-state index in [0.29, 0.717) is 12.8 Å². The summed E-state index contributed by atoms with van der Waals surface area (Å²) in [6.07, 6.45) is 0.634. The molecule has 0 aromatic rings. The fraction of sp³-hybridized carbons (Fsp3) is 0.600. The Morgan fingerprint density at radius 2 is 1.50 bits per heavy atom. The van der Waals surface area contributed by atoms with Gasteiger partial charge in [-0.15, -0.1) is 0 Å². The molecular weight excluding hydrogens is 216 g/mol. The van der Waals surface area contributed by atoms with Crippen LogP contribution in [0.15, 0.2) is 0 Å². The van der Waals surface area contributed by atoms with E-state index in [1.807, 2.05) is 0 Å². The van der Waals surface area contributed by atoms with Crippen LogP contribution in [0.25, 0.3) is 0 Å². The van der Waals surface area contributed by atoms with Crippen LogP contribution in [-0.4, -0.2) is 33.7 Å². The lowest BCUT2D eigenvalue weighted by Crippen LogP contribution is -2.16. The van der Waals surface area contributed by atoms with E-state index in [4.69, 9.17) is 10.2 Å². The van der Waals surface area contributed by atoms with Crippen molar-refractivity contribution in [1.29, 1.82) is 0 Å². The molecule has 0 saturated carbocycles. The number of carboxylic acid groups (broad SMARTS) is 2. The van der Waals surface area contributed by atoms with Crippen LogP contribution in [-0.2, 0) is 19.2 Å². The minimum atomic E-state index is -1.46. The first kappa shape index (κ1) is 14.3. The minimum Gasteiger partial charge on any atom is -0.476 e. The van der Waals surface area contributed by atoms with Crippen LogP contribution in [0.1, 0.15) is 32.6 Å². The Balaban J connectivity index is 3.78. The fourth-order valence-electron chi connectivity index (χ4n) is 1.22. The number of ketones is 2. The minimum absolute atomic E-state index is 0.0824. The second-order valence-corrected chi connectivity index (χ2v) is 3.66. The van der Waals surface area contributed by atoms with Crippen LogP contribution in [0.3, 0.4) is 0 Å². The smallest absolute Gasteiger partial charge is 0.372 e. The molecule has 0 heterocycles. The van der Waals surface area contributed by atoms with E-state index in [-0.39, 0.29) is 18.8 Å². The predicted molar refractivity (Wildman–Crippen MR) is 52.9 cm³/mol. The summed E-state index contributed by atoms with van der Waals surface area (Å²) in [6, 6.07) is 0. The van der Waals surface area contributed by atoms with Crippen molar-refractivity contribution in [3.63, 3.8) is 0 Å². The van der Waals surface area contributed by atoms with Gasteiger partial charge >= 0.3 is 11.9 Å². The molecule has 0 aromatic heterocycles. The molecule has 0 aliphatic carbocycles. The average molecular weight is 230 g/mol. The van der Waals surface area contributed by atoms with E-state index >= 15 is 0 Å². The molecule has 2 N–H and O–H groups in total. The quantitative estimate of drug-likeness (QED) is 0.587. The zero-order valence-corrected chi connectivity index (χ0v) is 8.93. The Hall–Kier alpha value is -1.72. The van der Waals surface area contributed by atoms with Crippen molar-refractivity contribution < 1.29 is 29.4 Å². The Morgan fingerprint density at radius 3 is 1.94 bits per heavy atom. The first-order valence-corrected chi connectivity index (χ1v) is 4.86. The lowest BCUT2D eigenvalue weighted by Gasteiger charge is -2.07. The van der Waals surface area contributed by atoms with E-state index in [9.17, 15) is 19.2 Å². The number of hydrogen-bond donors (Lipinski definition) is 2. The van der Waals surface area contributed by atoms with Crippen LogP contribution < -0.4 is 0 Å². The van der Waals surface area contributed by atoms with Gasteiger partial charge in [-0.05, 0) is 18.8 Å². The summed E-state index contributed by atoms with van der Waals surface area (Å²) in [7, 11) is 0. The summed E-state index contributed by atoms with van der Waals surface area (Å²) in [5.41, 5.74) is 0. The molecule has 0 radical (unpaired) electrons. The largest absolute Gasteiger partial charge is 0.476 e. The van der Waals surface area contributed by atoms with Crippen molar-refractivity contribution in [1.82, 2.24) is 0 Å². The fourth-order valence-corrected chi connectivity index (χ4v) is 1.22. The Bertz CT molecular complexity index is 306. The Morgan fingerprint density at radius 1 is 1.00 bits per heavy atom. The van der Waals surface area contributed by atoms with Gasteiger partial charge in [-0.1, -0.05) is 6.92 Å². The standard InChI is InChI=1S/C10H14O6/c1-6(5-8(12)10(15)16)3-2-4-7(11)9(13)14/h6H,2-5H2,1H3,(H,13,14)(H,15,16). The van der Waals surface area contributed by atoms with Gasteiger partial charge in [0, 0.05) is 12.8 Å². The molecular formula is C10H14O6. The van der Waals surface area contributed by atoms with Gasteiger partial charge in [-0.25, -0.2) is 9.59 Å². The summed E-state index contributed by atoms with van der Waals surface area (Å²) in [5.74, 6) is -4.82. The van der Waals surface area contributed by atoms with E-state index in [1.54, 1.807) is 6.92 Å². The summed E-state index contributed by atoms with van der Waals surface area (Å²) >= 11 is 0. The van der Waals surface area contributed by atoms with Gasteiger partial charge < -0.3 is 10.2 Å². The second kappa shape index (κ2) is 6.71. The van der Waals surface area contributed by atoms with Crippen molar-refractivity contribution in [2.24, 2.45) is 5.92 Å². The zero-order chi connectivity index (χ0) is 12.7. The third-order valence-electron chi connectivity index (χ3n) is 2.11. The monoisotopic (exact) mass is 230 g/mol. The normalized spacial score (nSPS) is 11.8. The molecule has 0 aliphatic rings. The molecule has 0 spiro atoms. The van der Waals surface area contributed by atoms with Crippen LogP contribution in [0, 0.1) is 5.92 Å². The average Bonchev–Trinajstić information content (AvgIpc) is 2.16. The third-order valence-corrected chi connectivity index (χ3v) is 2.11. The first-order chi connectivity index (χ1) is 7.34. The zero-order valence-electron chi connectivity index (χ0n) is 8.93. The number of carbonyl (C=O) groups excluding carboxylic acids is 2. The van der Waals surface area contributed by atoms with E-state index in [1.165, 1.54) is 0 Å². The summed E-state index contributed by atoms with van der Waals surface area (Å²) in [6.45, 7) is 1.69. The lowest BCUT2D eigenvalue weighted by molar-refractivity contribution is -0.149. The maximum Gasteiger partial charge on any atom is 0.372 e. The molecule has 1 unspecified atom stereocenters. The Labute approximate surface area is 92.3 Å². The number of Topliss-reactive ketones (excluding diaryl/α,β-unsaturated/α-hetero) is 2. The molecule has 0 rings (SSSR count).